The molecule has 74 valence electrons. The van der Waals surface area contributed by atoms with E-state index in [2.05, 4.69) is 0 Å². The number of aliphatic hydroxyl groups is 4. The van der Waals surface area contributed by atoms with Crippen LogP contribution in [0.2, 0.25) is 0 Å². The third kappa shape index (κ3) is 5.45. The second-order valence-electron chi connectivity index (χ2n) is 2.89. The Labute approximate surface area is 71.9 Å². The monoisotopic (exact) mass is 179 g/mol. The molecule has 0 radical (unpaired) electrons. The molecule has 0 aromatic heterocycles. The summed E-state index contributed by atoms with van der Waals surface area (Å²) >= 11 is 0. The van der Waals surface area contributed by atoms with Gasteiger partial charge in [-0.15, -0.1) is 0 Å². The maximum absolute atomic E-state index is 8.98. The van der Waals surface area contributed by atoms with Gasteiger partial charge in [-0.25, -0.2) is 0 Å². The topological polar surface area (TPSA) is 84.2 Å². The Morgan fingerprint density at radius 2 is 1.33 bits per heavy atom. The van der Waals surface area contributed by atoms with Crippen molar-refractivity contribution in [3.63, 3.8) is 0 Å². The summed E-state index contributed by atoms with van der Waals surface area (Å²) in [5.41, 5.74) is 0. The Kier molecular flexibility index (Phi) is 6.23. The lowest BCUT2D eigenvalue weighted by Crippen LogP contribution is -2.37. The maximum Gasteiger partial charge on any atom is 0.0897 e. The SMILES string of the molecule is CN(C[C@@H](O)CO)C[C@@H](O)CO. The molecule has 4 N–H and O–H groups in total. The highest BCUT2D eigenvalue weighted by Crippen LogP contribution is 1.91. The molecule has 5 nitrogen and oxygen atoms in total. The first-order chi connectivity index (χ1) is 5.60. The van der Waals surface area contributed by atoms with Crippen LogP contribution >= 0.6 is 0 Å². The van der Waals surface area contributed by atoms with Gasteiger partial charge in [0.15, 0.2) is 0 Å². The van der Waals surface area contributed by atoms with Crippen molar-refractivity contribution in [2.75, 3.05) is 33.4 Å². The van der Waals surface area contributed by atoms with Crippen molar-refractivity contribution < 1.29 is 20.4 Å². The largest absolute Gasteiger partial charge is 0.394 e. The van der Waals surface area contributed by atoms with E-state index in [1.165, 1.54) is 0 Å². The van der Waals surface area contributed by atoms with Gasteiger partial charge in [0.1, 0.15) is 0 Å². The summed E-state index contributed by atoms with van der Waals surface area (Å²) in [5.74, 6) is 0. The van der Waals surface area contributed by atoms with Gasteiger partial charge in [-0.05, 0) is 7.05 Å². The first kappa shape index (κ1) is 11.8. The second-order valence-corrected chi connectivity index (χ2v) is 2.89. The summed E-state index contributed by atoms with van der Waals surface area (Å²) in [6.07, 6.45) is -1.58. The van der Waals surface area contributed by atoms with Gasteiger partial charge < -0.3 is 25.3 Å². The van der Waals surface area contributed by atoms with Gasteiger partial charge >= 0.3 is 0 Å². The summed E-state index contributed by atoms with van der Waals surface area (Å²) in [4.78, 5) is 1.64. The van der Waals surface area contributed by atoms with Crippen LogP contribution in [0.5, 0.6) is 0 Å². The standard InChI is InChI=1S/C7H17NO4/c1-8(2-6(11)4-9)3-7(12)5-10/h6-7,9-12H,2-5H2,1H3/t6-,7-/m1/s1. The van der Waals surface area contributed by atoms with Crippen molar-refractivity contribution in [1.82, 2.24) is 4.90 Å². The van der Waals surface area contributed by atoms with Gasteiger partial charge in [0, 0.05) is 13.1 Å². The van der Waals surface area contributed by atoms with Crippen LogP contribution in [0.3, 0.4) is 0 Å². The highest BCUT2D eigenvalue weighted by atomic mass is 16.3. The maximum atomic E-state index is 8.98. The Balaban J connectivity index is 3.51. The molecule has 0 spiro atoms. The van der Waals surface area contributed by atoms with Gasteiger partial charge in [-0.3, -0.25) is 0 Å². The van der Waals surface area contributed by atoms with E-state index in [0.29, 0.717) is 0 Å². The summed E-state index contributed by atoms with van der Waals surface area (Å²) in [5, 5.41) is 34.9. The number of aliphatic hydroxyl groups excluding tert-OH is 4. The lowest BCUT2D eigenvalue weighted by molar-refractivity contribution is 0.0327. The Morgan fingerprint density at radius 1 is 1.00 bits per heavy atom. The molecule has 0 heterocycles. The Morgan fingerprint density at radius 3 is 1.58 bits per heavy atom. The van der Waals surface area contributed by atoms with Gasteiger partial charge in [-0.1, -0.05) is 0 Å². The fraction of sp³-hybridized carbons (Fsp3) is 1.00. The summed E-state index contributed by atoms with van der Waals surface area (Å²) in [6, 6.07) is 0. The van der Waals surface area contributed by atoms with Crippen LogP contribution in [0.4, 0.5) is 0 Å². The van der Waals surface area contributed by atoms with Crippen LogP contribution in [-0.2, 0) is 0 Å². The zero-order valence-electron chi connectivity index (χ0n) is 7.22. The molecule has 0 fully saturated rings. The predicted octanol–water partition coefficient (Wildman–Crippen LogP) is -2.38. The van der Waals surface area contributed by atoms with Crippen molar-refractivity contribution in [2.45, 2.75) is 12.2 Å². The van der Waals surface area contributed by atoms with Crippen LogP contribution in [-0.4, -0.2) is 70.9 Å². The summed E-state index contributed by atoms with van der Waals surface area (Å²) < 4.78 is 0. The van der Waals surface area contributed by atoms with E-state index < -0.39 is 12.2 Å². The molecule has 0 aliphatic carbocycles. The van der Waals surface area contributed by atoms with E-state index in [1.54, 1.807) is 11.9 Å². The molecule has 0 saturated carbocycles. The van der Waals surface area contributed by atoms with Crippen molar-refractivity contribution >= 4 is 0 Å². The highest BCUT2D eigenvalue weighted by Gasteiger charge is 2.10. The van der Waals surface area contributed by atoms with E-state index in [4.69, 9.17) is 20.4 Å². The molecule has 0 aromatic carbocycles. The third-order valence-corrected chi connectivity index (χ3v) is 1.47. The highest BCUT2D eigenvalue weighted by molar-refractivity contribution is 4.63. The molecule has 0 aliphatic heterocycles. The fourth-order valence-corrected chi connectivity index (χ4v) is 0.910. The molecule has 0 rings (SSSR count). The molecule has 0 saturated heterocycles. The number of hydrogen-bond donors (Lipinski definition) is 4. The van der Waals surface area contributed by atoms with Crippen LogP contribution < -0.4 is 0 Å². The van der Waals surface area contributed by atoms with Crippen molar-refractivity contribution in [2.24, 2.45) is 0 Å². The fourth-order valence-electron chi connectivity index (χ4n) is 0.910. The number of hydrogen-bond acceptors (Lipinski definition) is 5. The molecular formula is C7H17NO4. The summed E-state index contributed by atoms with van der Waals surface area (Å²) in [6.45, 7) is -0.0137. The van der Waals surface area contributed by atoms with Gasteiger partial charge in [-0.2, -0.15) is 0 Å². The van der Waals surface area contributed by atoms with E-state index in [1.807, 2.05) is 0 Å². The lowest BCUT2D eigenvalue weighted by atomic mass is 10.3. The van der Waals surface area contributed by atoms with Crippen molar-refractivity contribution in [3.8, 4) is 0 Å². The molecule has 12 heavy (non-hydrogen) atoms. The van der Waals surface area contributed by atoms with Crippen LogP contribution in [0, 0.1) is 0 Å². The molecule has 0 amide bonds. The summed E-state index contributed by atoms with van der Waals surface area (Å²) in [7, 11) is 1.69. The first-order valence-corrected chi connectivity index (χ1v) is 3.86. The van der Waals surface area contributed by atoms with Crippen molar-refractivity contribution in [3.05, 3.63) is 0 Å². The molecule has 0 aromatic rings. The first-order valence-electron chi connectivity index (χ1n) is 3.86. The smallest absolute Gasteiger partial charge is 0.0897 e. The minimum absolute atomic E-state index is 0.285. The number of likely N-dealkylation sites (N-methyl/N-ethyl adjacent to an activating group) is 1. The molecule has 0 aliphatic rings. The minimum atomic E-state index is -0.791. The Bertz CT molecular complexity index is 99.6. The molecule has 0 unspecified atom stereocenters. The van der Waals surface area contributed by atoms with Crippen LogP contribution in [0.1, 0.15) is 0 Å². The third-order valence-electron chi connectivity index (χ3n) is 1.47. The predicted molar refractivity (Wildman–Crippen MR) is 43.7 cm³/mol. The van der Waals surface area contributed by atoms with Crippen LogP contribution in [0.25, 0.3) is 0 Å². The zero-order chi connectivity index (χ0) is 9.56. The lowest BCUT2D eigenvalue weighted by Gasteiger charge is -2.21. The zero-order valence-corrected chi connectivity index (χ0v) is 7.22. The number of nitrogens with zero attached hydrogens (tertiary/aromatic N) is 1. The molecule has 0 bridgehead atoms. The average Bonchev–Trinajstić information content (AvgIpc) is 2.03. The van der Waals surface area contributed by atoms with Crippen LogP contribution in [0.15, 0.2) is 0 Å². The average molecular weight is 179 g/mol. The second kappa shape index (κ2) is 6.33. The van der Waals surface area contributed by atoms with E-state index in [9.17, 15) is 0 Å². The molecular weight excluding hydrogens is 162 g/mol. The Hall–Kier alpha value is -0.200. The van der Waals surface area contributed by atoms with Gasteiger partial charge in [0.25, 0.3) is 0 Å². The minimum Gasteiger partial charge on any atom is -0.394 e. The van der Waals surface area contributed by atoms with Gasteiger partial charge in [0.2, 0.25) is 0 Å². The van der Waals surface area contributed by atoms with Gasteiger partial charge in [0.05, 0.1) is 25.4 Å². The van der Waals surface area contributed by atoms with E-state index >= 15 is 0 Å². The molecule has 2 atom stereocenters. The molecule has 5 heteroatoms. The van der Waals surface area contributed by atoms with E-state index in [0.717, 1.165) is 0 Å². The van der Waals surface area contributed by atoms with E-state index in [-0.39, 0.29) is 26.3 Å². The quantitative estimate of drug-likeness (QED) is 0.366. The number of rotatable bonds is 6. The van der Waals surface area contributed by atoms with Crippen molar-refractivity contribution in [1.29, 1.82) is 0 Å². The normalized spacial score (nSPS) is 16.5.